The summed E-state index contributed by atoms with van der Waals surface area (Å²) in [6.45, 7) is 4.15. The lowest BCUT2D eigenvalue weighted by Crippen LogP contribution is -2.15. The Morgan fingerprint density at radius 2 is 1.59 bits per heavy atom. The maximum Gasteiger partial charge on any atom is 0.0574 e. The van der Waals surface area contributed by atoms with Gasteiger partial charge in [0.25, 0.3) is 0 Å². The van der Waals surface area contributed by atoms with Gasteiger partial charge in [-0.25, -0.2) is 0 Å². The molecule has 2 rings (SSSR count). The highest BCUT2D eigenvalue weighted by molar-refractivity contribution is 5.57. The molecule has 0 fully saturated rings. The number of benzene rings is 2. The predicted octanol–water partition coefficient (Wildman–Crippen LogP) is 2.93. The average molecular weight is 226 g/mol. The minimum Gasteiger partial charge on any atom is -0.398 e. The summed E-state index contributed by atoms with van der Waals surface area (Å²) >= 11 is 0. The molecule has 0 aliphatic rings. The fourth-order valence-electron chi connectivity index (χ4n) is 2.10. The number of anilines is 1. The molecule has 88 valence electrons. The molecule has 2 aromatic carbocycles. The van der Waals surface area contributed by atoms with Crippen molar-refractivity contribution in [1.29, 1.82) is 0 Å². The van der Waals surface area contributed by atoms with Crippen LogP contribution >= 0.6 is 0 Å². The van der Waals surface area contributed by atoms with Gasteiger partial charge in [-0.3, -0.25) is 0 Å². The van der Waals surface area contributed by atoms with Crippen LogP contribution in [0.3, 0.4) is 0 Å². The lowest BCUT2D eigenvalue weighted by atomic mass is 9.92. The molecule has 2 nitrogen and oxygen atoms in total. The van der Waals surface area contributed by atoms with E-state index in [1.165, 1.54) is 11.1 Å². The molecule has 1 atom stereocenters. The first-order valence-corrected chi connectivity index (χ1v) is 5.77. The van der Waals surface area contributed by atoms with Crippen molar-refractivity contribution in [2.45, 2.75) is 19.9 Å². The van der Waals surface area contributed by atoms with Gasteiger partial charge < -0.3 is 11.5 Å². The largest absolute Gasteiger partial charge is 0.398 e. The number of nitrogen functional groups attached to an aromatic ring is 1. The van der Waals surface area contributed by atoms with E-state index in [0.29, 0.717) is 0 Å². The molecular weight excluding hydrogens is 208 g/mol. The maximum absolute atomic E-state index is 6.31. The van der Waals surface area contributed by atoms with E-state index in [0.717, 1.165) is 16.8 Å². The molecule has 0 aliphatic carbocycles. The quantitative estimate of drug-likeness (QED) is 0.773. The van der Waals surface area contributed by atoms with E-state index in [9.17, 15) is 0 Å². The van der Waals surface area contributed by atoms with Crippen LogP contribution in [0.4, 0.5) is 5.69 Å². The highest BCUT2D eigenvalue weighted by Crippen LogP contribution is 2.29. The van der Waals surface area contributed by atoms with E-state index in [4.69, 9.17) is 11.5 Å². The Kier molecular flexibility index (Phi) is 3.16. The summed E-state index contributed by atoms with van der Waals surface area (Å²) in [6, 6.07) is 13.9. The first-order chi connectivity index (χ1) is 8.11. The highest BCUT2D eigenvalue weighted by atomic mass is 14.7. The van der Waals surface area contributed by atoms with Crippen LogP contribution in [0.5, 0.6) is 0 Å². The zero-order chi connectivity index (χ0) is 12.4. The van der Waals surface area contributed by atoms with Crippen molar-refractivity contribution in [1.82, 2.24) is 0 Å². The van der Waals surface area contributed by atoms with Gasteiger partial charge in [0.15, 0.2) is 0 Å². The summed E-state index contributed by atoms with van der Waals surface area (Å²) in [5.41, 5.74) is 17.7. The van der Waals surface area contributed by atoms with Gasteiger partial charge in [-0.2, -0.15) is 0 Å². The lowest BCUT2D eigenvalue weighted by Gasteiger charge is -2.19. The third-order valence-electron chi connectivity index (χ3n) is 3.29. The summed E-state index contributed by atoms with van der Waals surface area (Å²) < 4.78 is 0. The monoisotopic (exact) mass is 226 g/mol. The van der Waals surface area contributed by atoms with Crippen LogP contribution in [0, 0.1) is 13.8 Å². The molecule has 0 radical (unpaired) electrons. The third-order valence-corrected chi connectivity index (χ3v) is 3.29. The van der Waals surface area contributed by atoms with Gasteiger partial charge in [-0.15, -0.1) is 0 Å². The molecule has 0 saturated carbocycles. The Morgan fingerprint density at radius 1 is 0.941 bits per heavy atom. The van der Waals surface area contributed by atoms with Gasteiger partial charge in [-0.05, 0) is 42.2 Å². The number of hydrogen-bond acceptors (Lipinski definition) is 2. The lowest BCUT2D eigenvalue weighted by molar-refractivity contribution is 0.862. The average Bonchev–Trinajstić information content (AvgIpc) is 2.35. The van der Waals surface area contributed by atoms with Crippen molar-refractivity contribution < 1.29 is 0 Å². The predicted molar refractivity (Wildman–Crippen MR) is 72.8 cm³/mol. The Hall–Kier alpha value is -1.80. The topological polar surface area (TPSA) is 52.0 Å². The Morgan fingerprint density at radius 3 is 2.24 bits per heavy atom. The molecule has 0 heterocycles. The van der Waals surface area contributed by atoms with Crippen molar-refractivity contribution in [3.05, 3.63) is 64.7 Å². The molecule has 0 amide bonds. The molecule has 0 bridgehead atoms. The molecule has 17 heavy (non-hydrogen) atoms. The Labute approximate surface area is 102 Å². The molecule has 0 saturated heterocycles. The Balaban J connectivity index is 2.51. The van der Waals surface area contributed by atoms with E-state index >= 15 is 0 Å². The van der Waals surface area contributed by atoms with Crippen molar-refractivity contribution in [3.63, 3.8) is 0 Å². The summed E-state index contributed by atoms with van der Waals surface area (Å²) in [7, 11) is 0. The van der Waals surface area contributed by atoms with Gasteiger partial charge in [0, 0.05) is 5.69 Å². The molecule has 0 spiro atoms. The van der Waals surface area contributed by atoms with E-state index in [1.807, 2.05) is 42.5 Å². The molecular formula is C15H18N2. The molecule has 4 N–H and O–H groups in total. The van der Waals surface area contributed by atoms with Crippen LogP contribution in [0.15, 0.2) is 42.5 Å². The SMILES string of the molecule is Cc1ccc(N)c(C(N)c2ccccc2)c1C. The number of hydrogen-bond donors (Lipinski definition) is 2. The van der Waals surface area contributed by atoms with Gasteiger partial charge in [0.05, 0.1) is 6.04 Å². The third kappa shape index (κ3) is 2.17. The van der Waals surface area contributed by atoms with E-state index in [1.54, 1.807) is 0 Å². The number of rotatable bonds is 2. The van der Waals surface area contributed by atoms with Crippen molar-refractivity contribution in [3.8, 4) is 0 Å². The summed E-state index contributed by atoms with van der Waals surface area (Å²) in [6.07, 6.45) is 0. The van der Waals surface area contributed by atoms with Gasteiger partial charge in [0.1, 0.15) is 0 Å². The molecule has 0 aromatic heterocycles. The van der Waals surface area contributed by atoms with Gasteiger partial charge in [-0.1, -0.05) is 36.4 Å². The number of aryl methyl sites for hydroxylation is 1. The number of nitrogens with two attached hydrogens (primary N) is 2. The first kappa shape index (κ1) is 11.7. The maximum atomic E-state index is 6.31. The van der Waals surface area contributed by atoms with Crippen LogP contribution in [0.2, 0.25) is 0 Å². The summed E-state index contributed by atoms with van der Waals surface area (Å²) in [4.78, 5) is 0. The first-order valence-electron chi connectivity index (χ1n) is 5.77. The fourth-order valence-corrected chi connectivity index (χ4v) is 2.10. The second kappa shape index (κ2) is 4.60. The summed E-state index contributed by atoms with van der Waals surface area (Å²) in [5, 5.41) is 0. The minimum atomic E-state index is -0.156. The molecule has 2 aromatic rings. The van der Waals surface area contributed by atoms with E-state index < -0.39 is 0 Å². The van der Waals surface area contributed by atoms with Crippen LogP contribution in [-0.4, -0.2) is 0 Å². The van der Waals surface area contributed by atoms with Crippen molar-refractivity contribution in [2.75, 3.05) is 5.73 Å². The van der Waals surface area contributed by atoms with Crippen LogP contribution in [-0.2, 0) is 0 Å². The van der Waals surface area contributed by atoms with Crippen molar-refractivity contribution >= 4 is 5.69 Å². The Bertz CT molecular complexity index is 518. The second-order valence-electron chi connectivity index (χ2n) is 4.40. The van der Waals surface area contributed by atoms with Crippen LogP contribution < -0.4 is 11.5 Å². The van der Waals surface area contributed by atoms with E-state index in [2.05, 4.69) is 13.8 Å². The van der Waals surface area contributed by atoms with Gasteiger partial charge >= 0.3 is 0 Å². The van der Waals surface area contributed by atoms with Crippen molar-refractivity contribution in [2.24, 2.45) is 5.73 Å². The molecule has 0 aliphatic heterocycles. The highest BCUT2D eigenvalue weighted by Gasteiger charge is 2.15. The minimum absolute atomic E-state index is 0.156. The molecule has 2 heteroatoms. The van der Waals surface area contributed by atoms with Crippen LogP contribution in [0.1, 0.15) is 28.3 Å². The summed E-state index contributed by atoms with van der Waals surface area (Å²) in [5.74, 6) is 0. The molecule has 1 unspecified atom stereocenters. The zero-order valence-corrected chi connectivity index (χ0v) is 10.3. The van der Waals surface area contributed by atoms with Crippen LogP contribution in [0.25, 0.3) is 0 Å². The smallest absolute Gasteiger partial charge is 0.0574 e. The van der Waals surface area contributed by atoms with Gasteiger partial charge in [0.2, 0.25) is 0 Å². The van der Waals surface area contributed by atoms with E-state index in [-0.39, 0.29) is 6.04 Å². The fraction of sp³-hybridized carbons (Fsp3) is 0.200. The standard InChI is InChI=1S/C15H18N2/c1-10-8-9-13(16)14(11(10)2)15(17)12-6-4-3-5-7-12/h3-9,15H,16-17H2,1-2H3. The normalized spacial score (nSPS) is 12.4. The zero-order valence-electron chi connectivity index (χ0n) is 10.3. The second-order valence-corrected chi connectivity index (χ2v) is 4.40.